The molecule has 4 rings (SSSR count). The van der Waals surface area contributed by atoms with Gasteiger partial charge in [-0.2, -0.15) is 0 Å². The van der Waals surface area contributed by atoms with Crippen LogP contribution >= 0.6 is 11.3 Å². The molecule has 144 valence electrons. The molecular formula is C26H29NS. The minimum atomic E-state index is 0.659. The maximum Gasteiger partial charge on any atom is 0.0969 e. The summed E-state index contributed by atoms with van der Waals surface area (Å²) in [5, 5.41) is 1.36. The zero-order valence-electron chi connectivity index (χ0n) is 16.5. The number of fused-ring (bicyclic) bond motifs is 1. The number of nitrogens with zero attached hydrogens (tertiary/aromatic N) is 1. The summed E-state index contributed by atoms with van der Waals surface area (Å²) in [6.45, 7) is 0. The smallest absolute Gasteiger partial charge is 0.0969 e. The van der Waals surface area contributed by atoms with E-state index in [1.165, 1.54) is 72.2 Å². The van der Waals surface area contributed by atoms with Crippen molar-refractivity contribution in [2.24, 2.45) is 0 Å². The Hall–Kier alpha value is -2.19. The predicted octanol–water partition coefficient (Wildman–Crippen LogP) is 8.31. The fourth-order valence-electron chi connectivity index (χ4n) is 4.07. The normalized spacial score (nSPS) is 16.0. The summed E-state index contributed by atoms with van der Waals surface area (Å²) in [7, 11) is 0. The van der Waals surface area contributed by atoms with Crippen molar-refractivity contribution in [3.63, 3.8) is 0 Å². The Kier molecular flexibility index (Phi) is 6.73. The zero-order valence-corrected chi connectivity index (χ0v) is 17.3. The molecule has 1 saturated carbocycles. The monoisotopic (exact) mass is 387 g/mol. The van der Waals surface area contributed by atoms with Crippen molar-refractivity contribution >= 4 is 21.6 Å². The van der Waals surface area contributed by atoms with Gasteiger partial charge >= 0.3 is 0 Å². The molecule has 0 atom stereocenters. The van der Waals surface area contributed by atoms with Gasteiger partial charge in [-0.25, -0.2) is 4.98 Å². The van der Waals surface area contributed by atoms with Gasteiger partial charge < -0.3 is 0 Å². The van der Waals surface area contributed by atoms with E-state index in [1.54, 1.807) is 0 Å². The minimum absolute atomic E-state index is 0.659. The van der Waals surface area contributed by atoms with Gasteiger partial charge in [-0.3, -0.25) is 0 Å². The van der Waals surface area contributed by atoms with E-state index < -0.39 is 0 Å². The van der Waals surface area contributed by atoms with Crippen molar-refractivity contribution < 1.29 is 0 Å². The summed E-state index contributed by atoms with van der Waals surface area (Å²) in [6, 6.07) is 25.6. The second-order valence-electron chi connectivity index (χ2n) is 7.77. The highest BCUT2D eigenvalue weighted by atomic mass is 32.1. The first-order chi connectivity index (χ1) is 13.9. The molecule has 0 amide bonds. The molecule has 3 aromatic rings. The van der Waals surface area contributed by atoms with Gasteiger partial charge in [-0.1, -0.05) is 99.2 Å². The molecule has 0 saturated heterocycles. The Morgan fingerprint density at radius 2 is 1.25 bits per heavy atom. The predicted molar refractivity (Wildman–Crippen MR) is 122 cm³/mol. The van der Waals surface area contributed by atoms with Gasteiger partial charge in [-0.05, 0) is 36.1 Å². The number of hydrogen-bond acceptors (Lipinski definition) is 2. The van der Waals surface area contributed by atoms with E-state index in [-0.39, 0.29) is 0 Å². The molecule has 2 aromatic carbocycles. The third-order valence-electron chi connectivity index (χ3n) is 5.66. The van der Waals surface area contributed by atoms with Crippen LogP contribution in [0, 0.1) is 0 Å². The highest BCUT2D eigenvalue weighted by molar-refractivity contribution is 7.18. The van der Waals surface area contributed by atoms with Gasteiger partial charge in [0.1, 0.15) is 0 Å². The molecule has 28 heavy (non-hydrogen) atoms. The first-order valence-electron chi connectivity index (χ1n) is 10.7. The second kappa shape index (κ2) is 9.84. The van der Waals surface area contributed by atoms with Crippen LogP contribution in [0.5, 0.6) is 0 Å². The average Bonchev–Trinajstić information content (AvgIpc) is 3.19. The zero-order chi connectivity index (χ0) is 19.0. The SMILES string of the molecule is c1ccccc(-c2ccc3sc(C4CCCCCCCC4)nc3c2)cccc1. The van der Waals surface area contributed by atoms with Crippen LogP contribution in [-0.4, -0.2) is 4.98 Å². The topological polar surface area (TPSA) is 12.9 Å². The van der Waals surface area contributed by atoms with Crippen LogP contribution in [0.2, 0.25) is 0 Å². The molecule has 0 bridgehead atoms. The van der Waals surface area contributed by atoms with Crippen LogP contribution in [0.15, 0.2) is 72.8 Å². The summed E-state index contributed by atoms with van der Waals surface area (Å²) >= 11 is 1.91. The number of hydrogen-bond donors (Lipinski definition) is 0. The molecule has 1 fully saturated rings. The summed E-state index contributed by atoms with van der Waals surface area (Å²) in [5.41, 5.74) is 3.61. The van der Waals surface area contributed by atoms with E-state index in [1.807, 2.05) is 17.4 Å². The van der Waals surface area contributed by atoms with Gasteiger partial charge in [-0.15, -0.1) is 11.3 Å². The second-order valence-corrected chi connectivity index (χ2v) is 8.83. The third-order valence-corrected chi connectivity index (χ3v) is 6.86. The van der Waals surface area contributed by atoms with Crippen molar-refractivity contribution in [3.05, 3.63) is 77.8 Å². The standard InChI is InChI=1S/C26H29NS/c1-2-6-10-14-21(15-11-7-3-1)23-18-19-25-24(20-23)27-26(28-25)22-16-12-8-4-5-9-13-17-22/h1-3,6-7,10-11,14-15,18-20,22H,4-5,8-9,12-13,16-17H2. The fourth-order valence-corrected chi connectivity index (χ4v) is 5.18. The van der Waals surface area contributed by atoms with Crippen LogP contribution in [0.1, 0.15) is 62.3 Å². The van der Waals surface area contributed by atoms with E-state index in [4.69, 9.17) is 4.98 Å². The first kappa shape index (κ1) is 19.1. The Morgan fingerprint density at radius 3 is 1.93 bits per heavy atom. The summed E-state index contributed by atoms with van der Waals surface area (Å²) < 4.78 is 1.32. The minimum Gasteiger partial charge on any atom is -0.241 e. The largest absolute Gasteiger partial charge is 0.241 e. The van der Waals surface area contributed by atoms with Crippen LogP contribution in [0.4, 0.5) is 0 Å². The highest BCUT2D eigenvalue weighted by Crippen LogP contribution is 2.36. The lowest BCUT2D eigenvalue weighted by Crippen LogP contribution is -1.98. The van der Waals surface area contributed by atoms with E-state index in [2.05, 4.69) is 66.7 Å². The summed E-state index contributed by atoms with van der Waals surface area (Å²) in [5.74, 6) is 0.659. The van der Waals surface area contributed by atoms with Crippen molar-refractivity contribution in [2.45, 2.75) is 57.3 Å². The average molecular weight is 388 g/mol. The lowest BCUT2D eigenvalue weighted by molar-refractivity contribution is 0.538. The molecule has 1 aliphatic carbocycles. The Balaban J connectivity index is 1.65. The Bertz CT molecular complexity index is 922. The molecule has 0 aliphatic heterocycles. The molecule has 0 unspecified atom stereocenters. The molecular weight excluding hydrogens is 358 g/mol. The fraction of sp³-hybridized carbons (Fsp3) is 0.346. The van der Waals surface area contributed by atoms with Crippen LogP contribution in [-0.2, 0) is 0 Å². The first-order valence-corrected chi connectivity index (χ1v) is 11.5. The maximum absolute atomic E-state index is 5.09. The van der Waals surface area contributed by atoms with Crippen molar-refractivity contribution in [1.29, 1.82) is 0 Å². The summed E-state index contributed by atoms with van der Waals surface area (Å²) in [6.07, 6.45) is 11.0. The number of thiazole rings is 1. The van der Waals surface area contributed by atoms with Gasteiger partial charge in [0.15, 0.2) is 0 Å². The molecule has 1 aliphatic rings. The molecule has 2 heteroatoms. The van der Waals surface area contributed by atoms with Crippen LogP contribution < -0.4 is 0 Å². The van der Waals surface area contributed by atoms with E-state index in [9.17, 15) is 0 Å². The van der Waals surface area contributed by atoms with Crippen LogP contribution in [0.3, 0.4) is 0 Å². The van der Waals surface area contributed by atoms with Gasteiger partial charge in [0.05, 0.1) is 15.2 Å². The molecule has 0 N–H and O–H groups in total. The summed E-state index contributed by atoms with van der Waals surface area (Å²) in [4.78, 5) is 5.09. The van der Waals surface area contributed by atoms with E-state index >= 15 is 0 Å². The van der Waals surface area contributed by atoms with Crippen molar-refractivity contribution in [3.8, 4) is 11.1 Å². The van der Waals surface area contributed by atoms with E-state index in [0.29, 0.717) is 5.92 Å². The van der Waals surface area contributed by atoms with Gasteiger partial charge in [0, 0.05) is 5.92 Å². The van der Waals surface area contributed by atoms with Gasteiger partial charge in [0.2, 0.25) is 0 Å². The molecule has 0 radical (unpaired) electrons. The van der Waals surface area contributed by atoms with Gasteiger partial charge in [0.25, 0.3) is 0 Å². The lowest BCUT2D eigenvalue weighted by atomic mass is 9.98. The van der Waals surface area contributed by atoms with Crippen LogP contribution in [0.25, 0.3) is 21.3 Å². The number of aromatic nitrogens is 1. The molecule has 0 spiro atoms. The highest BCUT2D eigenvalue weighted by Gasteiger charge is 2.17. The number of benzene rings is 1. The third kappa shape index (κ3) is 4.99. The Labute approximate surface area is 172 Å². The maximum atomic E-state index is 5.09. The Morgan fingerprint density at radius 1 is 0.643 bits per heavy atom. The van der Waals surface area contributed by atoms with E-state index in [0.717, 1.165) is 5.52 Å². The van der Waals surface area contributed by atoms with Crippen molar-refractivity contribution in [1.82, 2.24) is 4.98 Å². The number of rotatable bonds is 2. The molecule has 1 nitrogen and oxygen atoms in total. The lowest BCUT2D eigenvalue weighted by Gasteiger charge is -2.12. The molecule has 1 heterocycles. The quantitative estimate of drug-likeness (QED) is 0.431. The molecule has 1 aromatic heterocycles. The van der Waals surface area contributed by atoms with Crippen molar-refractivity contribution in [2.75, 3.05) is 0 Å².